The molecule has 3 heteroatoms. The van der Waals surface area contributed by atoms with E-state index in [1.54, 1.807) is 25.9 Å². The van der Waals surface area contributed by atoms with E-state index in [9.17, 15) is 4.79 Å². The standard InChI is InChI=1S/C10H19NO2/c1-7(2)8(3)10(4,9(12)13)11(5)6/h1-6H3,(H,12,13). The van der Waals surface area contributed by atoms with Gasteiger partial charge < -0.3 is 5.11 Å². The Kier molecular flexibility index (Phi) is 3.67. The molecule has 1 atom stereocenters. The zero-order valence-corrected chi connectivity index (χ0v) is 9.30. The molecular weight excluding hydrogens is 166 g/mol. The van der Waals surface area contributed by atoms with Crippen molar-refractivity contribution in [2.75, 3.05) is 14.1 Å². The van der Waals surface area contributed by atoms with Crippen LogP contribution in [0.3, 0.4) is 0 Å². The number of carbonyl (C=O) groups is 1. The van der Waals surface area contributed by atoms with E-state index in [0.29, 0.717) is 0 Å². The number of allylic oxidation sites excluding steroid dienone is 1. The van der Waals surface area contributed by atoms with Crippen LogP contribution < -0.4 is 0 Å². The Morgan fingerprint density at radius 1 is 1.23 bits per heavy atom. The number of likely N-dealkylation sites (N-methyl/N-ethyl adjacent to an activating group) is 1. The summed E-state index contributed by atoms with van der Waals surface area (Å²) in [5.41, 5.74) is 1.06. The monoisotopic (exact) mass is 185 g/mol. The first kappa shape index (κ1) is 12.2. The van der Waals surface area contributed by atoms with Gasteiger partial charge in [-0.15, -0.1) is 0 Å². The molecule has 0 amide bonds. The van der Waals surface area contributed by atoms with Gasteiger partial charge >= 0.3 is 5.97 Å². The van der Waals surface area contributed by atoms with E-state index < -0.39 is 11.5 Å². The molecule has 0 radical (unpaired) electrons. The fourth-order valence-corrected chi connectivity index (χ4v) is 1.17. The third-order valence-electron chi connectivity index (χ3n) is 2.79. The van der Waals surface area contributed by atoms with Crippen molar-refractivity contribution in [2.45, 2.75) is 33.2 Å². The molecule has 0 fully saturated rings. The van der Waals surface area contributed by atoms with Gasteiger partial charge in [0.15, 0.2) is 0 Å². The zero-order chi connectivity index (χ0) is 10.8. The highest BCUT2D eigenvalue weighted by molar-refractivity contribution is 5.82. The number of hydrogen-bond donors (Lipinski definition) is 1. The molecule has 0 aliphatic carbocycles. The predicted octanol–water partition coefficient (Wildman–Crippen LogP) is 1.75. The first-order chi connectivity index (χ1) is 5.74. The number of carboxylic acids is 1. The highest BCUT2D eigenvalue weighted by Gasteiger charge is 2.37. The van der Waals surface area contributed by atoms with Gasteiger partial charge in [0.1, 0.15) is 5.54 Å². The van der Waals surface area contributed by atoms with Crippen LogP contribution in [0.25, 0.3) is 0 Å². The fraction of sp³-hybridized carbons (Fsp3) is 0.700. The third kappa shape index (κ3) is 2.10. The molecule has 0 aromatic carbocycles. The van der Waals surface area contributed by atoms with Gasteiger partial charge in [0, 0.05) is 0 Å². The van der Waals surface area contributed by atoms with Crippen molar-refractivity contribution in [3.8, 4) is 0 Å². The van der Waals surface area contributed by atoms with Crippen molar-refractivity contribution in [1.82, 2.24) is 4.90 Å². The van der Waals surface area contributed by atoms with Crippen LogP contribution in [-0.4, -0.2) is 35.6 Å². The van der Waals surface area contributed by atoms with Crippen molar-refractivity contribution in [3.05, 3.63) is 11.1 Å². The number of aliphatic carboxylic acids is 1. The second kappa shape index (κ2) is 3.92. The maximum atomic E-state index is 11.1. The minimum Gasteiger partial charge on any atom is -0.480 e. The predicted molar refractivity (Wildman–Crippen MR) is 53.8 cm³/mol. The molecule has 0 rings (SSSR count). The lowest BCUT2D eigenvalue weighted by atomic mass is 9.89. The molecule has 0 heterocycles. The molecule has 0 saturated carbocycles. The van der Waals surface area contributed by atoms with Crippen LogP contribution in [0.1, 0.15) is 27.7 Å². The Bertz CT molecular complexity index is 239. The van der Waals surface area contributed by atoms with Crippen molar-refractivity contribution >= 4 is 5.97 Å². The highest BCUT2D eigenvalue weighted by Crippen LogP contribution is 2.24. The van der Waals surface area contributed by atoms with Crippen molar-refractivity contribution in [1.29, 1.82) is 0 Å². The van der Waals surface area contributed by atoms with Gasteiger partial charge in [-0.05, 0) is 47.4 Å². The van der Waals surface area contributed by atoms with Gasteiger partial charge in [-0.1, -0.05) is 5.57 Å². The van der Waals surface area contributed by atoms with Crippen LogP contribution in [0.15, 0.2) is 11.1 Å². The molecule has 0 aliphatic rings. The van der Waals surface area contributed by atoms with Crippen LogP contribution in [0.4, 0.5) is 0 Å². The topological polar surface area (TPSA) is 40.5 Å². The molecule has 76 valence electrons. The molecule has 0 spiro atoms. The largest absolute Gasteiger partial charge is 0.480 e. The van der Waals surface area contributed by atoms with Gasteiger partial charge in [-0.25, -0.2) is 4.79 Å². The Morgan fingerprint density at radius 2 is 1.62 bits per heavy atom. The van der Waals surface area contributed by atoms with Crippen LogP contribution in [0.2, 0.25) is 0 Å². The van der Waals surface area contributed by atoms with Crippen molar-refractivity contribution < 1.29 is 9.90 Å². The van der Waals surface area contributed by atoms with E-state index in [-0.39, 0.29) is 0 Å². The smallest absolute Gasteiger partial charge is 0.328 e. The van der Waals surface area contributed by atoms with Gasteiger partial charge in [-0.3, -0.25) is 4.90 Å². The van der Waals surface area contributed by atoms with E-state index in [4.69, 9.17) is 5.11 Å². The zero-order valence-electron chi connectivity index (χ0n) is 9.30. The summed E-state index contributed by atoms with van der Waals surface area (Å²) in [6.45, 7) is 7.45. The summed E-state index contributed by atoms with van der Waals surface area (Å²) in [6.07, 6.45) is 0. The maximum Gasteiger partial charge on any atom is 0.328 e. The van der Waals surface area contributed by atoms with Crippen LogP contribution >= 0.6 is 0 Å². The second-order valence-electron chi connectivity index (χ2n) is 3.90. The number of nitrogens with zero attached hydrogens (tertiary/aromatic N) is 1. The van der Waals surface area contributed by atoms with Crippen molar-refractivity contribution in [3.63, 3.8) is 0 Å². The van der Waals surface area contributed by atoms with Gasteiger partial charge in [-0.2, -0.15) is 0 Å². The molecule has 3 nitrogen and oxygen atoms in total. The summed E-state index contributed by atoms with van der Waals surface area (Å²) < 4.78 is 0. The first-order valence-electron chi connectivity index (χ1n) is 4.30. The quantitative estimate of drug-likeness (QED) is 0.681. The number of carboxylic acid groups (broad SMARTS) is 1. The Morgan fingerprint density at radius 3 is 1.69 bits per heavy atom. The van der Waals surface area contributed by atoms with E-state index in [2.05, 4.69) is 0 Å². The number of hydrogen-bond acceptors (Lipinski definition) is 2. The molecule has 0 aliphatic heterocycles. The van der Waals surface area contributed by atoms with Crippen molar-refractivity contribution in [2.24, 2.45) is 0 Å². The third-order valence-corrected chi connectivity index (χ3v) is 2.79. The lowest BCUT2D eigenvalue weighted by Crippen LogP contribution is -2.49. The van der Waals surface area contributed by atoms with E-state index in [0.717, 1.165) is 11.1 Å². The number of rotatable bonds is 3. The lowest BCUT2D eigenvalue weighted by Gasteiger charge is -2.34. The van der Waals surface area contributed by atoms with Crippen LogP contribution in [-0.2, 0) is 4.79 Å². The molecule has 1 N–H and O–H groups in total. The summed E-state index contributed by atoms with van der Waals surface area (Å²) in [6, 6.07) is 0. The molecule has 0 saturated heterocycles. The Hall–Kier alpha value is -0.830. The van der Waals surface area contributed by atoms with Crippen LogP contribution in [0.5, 0.6) is 0 Å². The normalized spacial score (nSPS) is 15.3. The Balaban J connectivity index is 5.28. The molecule has 1 unspecified atom stereocenters. The molecular formula is C10H19NO2. The van der Waals surface area contributed by atoms with Gasteiger partial charge in [0.05, 0.1) is 0 Å². The minimum absolute atomic E-state index is 0.809. The molecule has 0 aromatic rings. The average molecular weight is 185 g/mol. The fourth-order valence-electron chi connectivity index (χ4n) is 1.17. The minimum atomic E-state index is -0.890. The lowest BCUT2D eigenvalue weighted by molar-refractivity contribution is -0.146. The summed E-state index contributed by atoms with van der Waals surface area (Å²) in [7, 11) is 3.56. The summed E-state index contributed by atoms with van der Waals surface area (Å²) in [4.78, 5) is 12.9. The summed E-state index contributed by atoms with van der Waals surface area (Å²) >= 11 is 0. The van der Waals surface area contributed by atoms with Crippen LogP contribution in [0, 0.1) is 0 Å². The molecule has 13 heavy (non-hydrogen) atoms. The average Bonchev–Trinajstić information content (AvgIpc) is 2.00. The van der Waals surface area contributed by atoms with Gasteiger partial charge in [0.25, 0.3) is 0 Å². The van der Waals surface area contributed by atoms with E-state index >= 15 is 0 Å². The first-order valence-corrected chi connectivity index (χ1v) is 4.30. The maximum absolute atomic E-state index is 11.1. The summed E-state index contributed by atoms with van der Waals surface area (Å²) in [5.74, 6) is -0.809. The summed E-state index contributed by atoms with van der Waals surface area (Å²) in [5, 5.41) is 9.15. The van der Waals surface area contributed by atoms with E-state index in [1.165, 1.54) is 0 Å². The van der Waals surface area contributed by atoms with E-state index in [1.807, 2.05) is 20.8 Å². The SMILES string of the molecule is CC(C)=C(C)C(C)(C(=O)O)N(C)C. The molecule has 0 bridgehead atoms. The highest BCUT2D eigenvalue weighted by atomic mass is 16.4. The van der Waals surface area contributed by atoms with Gasteiger partial charge in [0.2, 0.25) is 0 Å². The molecule has 0 aromatic heterocycles. The Labute approximate surface area is 80.0 Å². The second-order valence-corrected chi connectivity index (χ2v) is 3.90.